The molecule has 1 saturated carbocycles. The molecule has 0 aromatic heterocycles. The zero-order valence-electron chi connectivity index (χ0n) is 10.6. The van der Waals surface area contributed by atoms with Crippen molar-refractivity contribution in [2.45, 2.75) is 51.6 Å². The van der Waals surface area contributed by atoms with Gasteiger partial charge >= 0.3 is 5.97 Å². The van der Waals surface area contributed by atoms with Crippen LogP contribution < -0.4 is 5.32 Å². The lowest BCUT2D eigenvalue weighted by Crippen LogP contribution is -2.54. The number of hydrogen-bond donors (Lipinski definition) is 2. The Balaban J connectivity index is 2.63. The molecule has 17 heavy (non-hydrogen) atoms. The second-order valence-electron chi connectivity index (χ2n) is 4.54. The molecule has 0 bridgehead atoms. The van der Waals surface area contributed by atoms with Crippen molar-refractivity contribution in [1.29, 1.82) is 0 Å². The molecule has 1 rings (SSSR count). The number of nitrogens with one attached hydrogen (secondary N) is 1. The lowest BCUT2D eigenvalue weighted by atomic mass is 9.89. The number of carboxylic acid groups (broad SMARTS) is 1. The second-order valence-corrected chi connectivity index (χ2v) is 4.54. The van der Waals surface area contributed by atoms with E-state index in [0.29, 0.717) is 6.54 Å². The Kier molecular flexibility index (Phi) is 5.41. The topological polar surface area (TPSA) is 69.6 Å². The van der Waals surface area contributed by atoms with Gasteiger partial charge in [0.1, 0.15) is 0 Å². The summed E-state index contributed by atoms with van der Waals surface area (Å²) in [5.74, 6) is -0.776. The summed E-state index contributed by atoms with van der Waals surface area (Å²) in [5, 5.41) is 11.7. The van der Waals surface area contributed by atoms with E-state index in [4.69, 9.17) is 5.11 Å². The maximum Gasteiger partial charge on any atom is 0.317 e. The molecule has 1 aliphatic carbocycles. The minimum absolute atomic E-state index is 0.0311. The Morgan fingerprint density at radius 3 is 2.53 bits per heavy atom. The van der Waals surface area contributed by atoms with Gasteiger partial charge in [0.2, 0.25) is 5.91 Å². The molecular weight excluding hydrogens is 220 g/mol. The minimum atomic E-state index is -0.847. The Morgan fingerprint density at radius 2 is 2.00 bits per heavy atom. The van der Waals surface area contributed by atoms with Crippen molar-refractivity contribution in [2.75, 3.05) is 13.1 Å². The fraction of sp³-hybridized carbons (Fsp3) is 0.833. The highest BCUT2D eigenvalue weighted by Gasteiger charge is 2.30. The molecule has 98 valence electrons. The monoisotopic (exact) mass is 242 g/mol. The number of hydrogen-bond acceptors (Lipinski definition) is 3. The summed E-state index contributed by atoms with van der Waals surface area (Å²) >= 11 is 0. The van der Waals surface area contributed by atoms with Gasteiger partial charge in [0, 0.05) is 25.6 Å². The third-order valence-electron chi connectivity index (χ3n) is 3.39. The van der Waals surface area contributed by atoms with Crippen molar-refractivity contribution in [1.82, 2.24) is 10.2 Å². The first-order valence-electron chi connectivity index (χ1n) is 6.28. The van der Waals surface area contributed by atoms with E-state index in [2.05, 4.69) is 5.32 Å². The van der Waals surface area contributed by atoms with Gasteiger partial charge in [0.15, 0.2) is 0 Å². The molecule has 0 spiro atoms. The van der Waals surface area contributed by atoms with Crippen LogP contribution in [0.2, 0.25) is 0 Å². The van der Waals surface area contributed by atoms with Gasteiger partial charge in [-0.05, 0) is 19.8 Å². The fourth-order valence-corrected chi connectivity index (χ4v) is 2.63. The quantitative estimate of drug-likeness (QED) is 0.749. The van der Waals surface area contributed by atoms with Gasteiger partial charge in [-0.3, -0.25) is 9.59 Å². The normalized spacial score (nSPS) is 24.4. The van der Waals surface area contributed by atoms with Crippen molar-refractivity contribution in [3.63, 3.8) is 0 Å². The first-order valence-corrected chi connectivity index (χ1v) is 6.28. The summed E-state index contributed by atoms with van der Waals surface area (Å²) in [6.45, 7) is 4.19. The molecule has 5 nitrogen and oxygen atoms in total. The molecule has 5 heteroatoms. The highest BCUT2D eigenvalue weighted by Crippen LogP contribution is 2.23. The summed E-state index contributed by atoms with van der Waals surface area (Å²) in [6.07, 6.45) is 4.12. The highest BCUT2D eigenvalue weighted by atomic mass is 16.4. The molecule has 2 atom stereocenters. The lowest BCUT2D eigenvalue weighted by Gasteiger charge is -2.39. The molecule has 0 saturated heterocycles. The molecule has 0 aromatic rings. The van der Waals surface area contributed by atoms with E-state index in [1.807, 2.05) is 11.8 Å². The van der Waals surface area contributed by atoms with Crippen molar-refractivity contribution in [2.24, 2.45) is 0 Å². The smallest absolute Gasteiger partial charge is 0.317 e. The number of carbonyl (C=O) groups is 2. The van der Waals surface area contributed by atoms with E-state index >= 15 is 0 Å². The Hall–Kier alpha value is -1.10. The van der Waals surface area contributed by atoms with Gasteiger partial charge in [-0.1, -0.05) is 12.8 Å². The van der Waals surface area contributed by atoms with Crippen LogP contribution in [0.1, 0.15) is 39.5 Å². The van der Waals surface area contributed by atoms with E-state index in [1.165, 1.54) is 0 Å². The summed E-state index contributed by atoms with van der Waals surface area (Å²) < 4.78 is 0. The summed E-state index contributed by atoms with van der Waals surface area (Å²) in [7, 11) is 0. The molecule has 1 fully saturated rings. The standard InChI is InChI=1S/C12H22N2O3/c1-3-14(9(2)15)11-7-5-4-6-10(11)13-8-12(16)17/h10-11,13H,3-8H2,1-2H3,(H,16,17)/t10-,11-/m1/s1. The Morgan fingerprint density at radius 1 is 1.35 bits per heavy atom. The van der Waals surface area contributed by atoms with E-state index in [1.54, 1.807) is 6.92 Å². The number of carboxylic acids is 1. The van der Waals surface area contributed by atoms with Gasteiger partial charge in [-0.15, -0.1) is 0 Å². The average molecular weight is 242 g/mol. The van der Waals surface area contributed by atoms with Gasteiger partial charge in [-0.25, -0.2) is 0 Å². The molecule has 1 aliphatic rings. The molecule has 2 N–H and O–H groups in total. The van der Waals surface area contributed by atoms with Crippen LogP contribution in [-0.4, -0.2) is 47.1 Å². The zero-order valence-corrected chi connectivity index (χ0v) is 10.6. The maximum atomic E-state index is 11.5. The van der Waals surface area contributed by atoms with Crippen LogP contribution in [0.3, 0.4) is 0 Å². The molecule has 0 radical (unpaired) electrons. The van der Waals surface area contributed by atoms with Crippen LogP contribution in [-0.2, 0) is 9.59 Å². The molecular formula is C12H22N2O3. The van der Waals surface area contributed by atoms with E-state index < -0.39 is 5.97 Å². The maximum absolute atomic E-state index is 11.5. The van der Waals surface area contributed by atoms with Crippen LogP contribution in [0.15, 0.2) is 0 Å². The predicted molar refractivity (Wildman–Crippen MR) is 64.7 cm³/mol. The van der Waals surface area contributed by atoms with Crippen LogP contribution in [0.4, 0.5) is 0 Å². The van der Waals surface area contributed by atoms with Crippen molar-refractivity contribution in [3.05, 3.63) is 0 Å². The van der Waals surface area contributed by atoms with Crippen LogP contribution in [0.25, 0.3) is 0 Å². The van der Waals surface area contributed by atoms with Gasteiger partial charge in [0.05, 0.1) is 6.54 Å². The first-order chi connectivity index (χ1) is 8.06. The number of aliphatic carboxylic acids is 1. The summed E-state index contributed by atoms with van der Waals surface area (Å²) in [5.41, 5.74) is 0. The molecule has 0 aromatic carbocycles. The largest absolute Gasteiger partial charge is 0.480 e. The van der Waals surface area contributed by atoms with Gasteiger partial charge in [0.25, 0.3) is 0 Å². The number of rotatable bonds is 5. The molecule has 1 amide bonds. The fourth-order valence-electron chi connectivity index (χ4n) is 2.63. The lowest BCUT2D eigenvalue weighted by molar-refractivity contribution is -0.136. The number of amides is 1. The molecule has 0 unspecified atom stereocenters. The summed E-state index contributed by atoms with van der Waals surface area (Å²) in [4.78, 5) is 24.0. The summed E-state index contributed by atoms with van der Waals surface area (Å²) in [6, 6.07) is 0.259. The number of nitrogens with zero attached hydrogens (tertiary/aromatic N) is 1. The Labute approximate surface area is 102 Å². The van der Waals surface area contributed by atoms with Gasteiger partial charge < -0.3 is 15.3 Å². The zero-order chi connectivity index (χ0) is 12.8. The third kappa shape index (κ3) is 4.00. The van der Waals surface area contributed by atoms with E-state index in [0.717, 1.165) is 25.7 Å². The molecule has 0 heterocycles. The second kappa shape index (κ2) is 6.59. The van der Waals surface area contributed by atoms with Gasteiger partial charge in [-0.2, -0.15) is 0 Å². The highest BCUT2D eigenvalue weighted by molar-refractivity contribution is 5.73. The van der Waals surface area contributed by atoms with Crippen molar-refractivity contribution < 1.29 is 14.7 Å². The van der Waals surface area contributed by atoms with Crippen molar-refractivity contribution in [3.8, 4) is 0 Å². The Bertz CT molecular complexity index is 281. The predicted octanol–water partition coefficient (Wildman–Crippen LogP) is 0.840. The van der Waals surface area contributed by atoms with Crippen molar-refractivity contribution >= 4 is 11.9 Å². The average Bonchev–Trinajstić information content (AvgIpc) is 2.28. The first kappa shape index (κ1) is 14.0. The van der Waals surface area contributed by atoms with E-state index in [-0.39, 0.29) is 24.5 Å². The number of likely N-dealkylation sites (N-methyl/N-ethyl adjacent to an activating group) is 1. The van der Waals surface area contributed by atoms with E-state index in [9.17, 15) is 9.59 Å². The van der Waals surface area contributed by atoms with Crippen LogP contribution in [0.5, 0.6) is 0 Å². The minimum Gasteiger partial charge on any atom is -0.480 e. The SMILES string of the molecule is CCN(C(C)=O)[C@@H]1CCCC[C@H]1NCC(=O)O. The number of carbonyl (C=O) groups excluding carboxylic acids is 1. The van der Waals surface area contributed by atoms with Crippen LogP contribution in [0, 0.1) is 0 Å². The molecule has 0 aliphatic heterocycles. The third-order valence-corrected chi connectivity index (χ3v) is 3.39. The van der Waals surface area contributed by atoms with Crippen LogP contribution >= 0.6 is 0 Å².